The van der Waals surface area contributed by atoms with Crippen LogP contribution in [0.5, 0.6) is 28.7 Å². The first-order valence-corrected chi connectivity index (χ1v) is 21.7. The summed E-state index contributed by atoms with van der Waals surface area (Å²) in [5.74, 6) is 1.92. The molecule has 5 aromatic carbocycles. The zero-order valence-corrected chi connectivity index (χ0v) is 33.0. The maximum atomic E-state index is 12.7. The Bertz CT molecular complexity index is 1980. The standard InChI is InChI=1S/C45H50O7Si/c1-44(2,33-14-10-9-11-15-33)34-17-23-37(24-18-34)49-42(46)50-38-25-19-35(20-26-38)45(3,4)36-21-27-39(28-22-36)51-43(47)52-40-29-16-32(31-41(40)48-5)13-12-30-53(6,7)8/h9-11,14-29,31H,12-13,30H2,1-8H3. The molecule has 0 heterocycles. The minimum Gasteiger partial charge on any atom is -0.493 e. The highest BCUT2D eigenvalue weighted by Crippen LogP contribution is 2.35. The summed E-state index contributed by atoms with van der Waals surface area (Å²) in [6.07, 6.45) is 0.408. The summed E-state index contributed by atoms with van der Waals surface area (Å²) in [5.41, 5.74) is 4.84. The Morgan fingerprint density at radius 3 is 1.36 bits per heavy atom. The minimum atomic E-state index is -1.10. The molecule has 0 aliphatic rings. The van der Waals surface area contributed by atoms with Gasteiger partial charge in [0.2, 0.25) is 0 Å². The molecule has 8 heteroatoms. The predicted molar refractivity (Wildman–Crippen MR) is 213 cm³/mol. The second kappa shape index (κ2) is 16.6. The van der Waals surface area contributed by atoms with Gasteiger partial charge in [-0.3, -0.25) is 0 Å². The Hall–Kier alpha value is -5.34. The quantitative estimate of drug-likeness (QED) is 0.0678. The van der Waals surface area contributed by atoms with E-state index in [1.54, 1.807) is 49.6 Å². The molecular formula is C45H50O7Si. The van der Waals surface area contributed by atoms with E-state index < -0.39 is 25.8 Å². The Kier molecular flexibility index (Phi) is 12.1. The molecule has 0 fully saturated rings. The van der Waals surface area contributed by atoms with Crippen molar-refractivity contribution in [1.82, 2.24) is 0 Å². The number of aryl methyl sites for hydroxylation is 1. The van der Waals surface area contributed by atoms with Gasteiger partial charge in [0.1, 0.15) is 17.2 Å². The number of rotatable bonds is 13. The first-order valence-electron chi connectivity index (χ1n) is 18.0. The molecule has 0 amide bonds. The summed E-state index contributed by atoms with van der Waals surface area (Å²) in [5, 5.41) is 0. The lowest BCUT2D eigenvalue weighted by Crippen LogP contribution is -2.19. The van der Waals surface area contributed by atoms with Gasteiger partial charge in [-0.2, -0.15) is 0 Å². The number of carbonyl (C=O) groups is 2. The lowest BCUT2D eigenvalue weighted by atomic mass is 9.78. The maximum Gasteiger partial charge on any atom is 0.519 e. The number of carbonyl (C=O) groups excluding carboxylic acids is 2. The molecule has 0 radical (unpaired) electrons. The molecule has 0 N–H and O–H groups in total. The zero-order valence-electron chi connectivity index (χ0n) is 32.0. The van der Waals surface area contributed by atoms with E-state index in [1.165, 1.54) is 11.6 Å². The molecule has 53 heavy (non-hydrogen) atoms. The predicted octanol–water partition coefficient (Wildman–Crippen LogP) is 11.8. The van der Waals surface area contributed by atoms with E-state index >= 15 is 0 Å². The molecule has 0 saturated heterocycles. The van der Waals surface area contributed by atoms with Gasteiger partial charge in [0.15, 0.2) is 11.5 Å². The largest absolute Gasteiger partial charge is 0.519 e. The molecule has 5 rings (SSSR count). The number of benzene rings is 5. The molecule has 7 nitrogen and oxygen atoms in total. The van der Waals surface area contributed by atoms with Gasteiger partial charge in [-0.05, 0) is 82.8 Å². The van der Waals surface area contributed by atoms with Crippen molar-refractivity contribution in [3.63, 3.8) is 0 Å². The van der Waals surface area contributed by atoms with E-state index in [9.17, 15) is 9.59 Å². The molecule has 0 spiro atoms. The molecular weight excluding hydrogens is 681 g/mol. The molecule has 276 valence electrons. The van der Waals surface area contributed by atoms with Crippen LogP contribution in [-0.2, 0) is 17.3 Å². The van der Waals surface area contributed by atoms with Crippen molar-refractivity contribution in [2.45, 2.75) is 77.1 Å². The molecule has 0 saturated carbocycles. The first kappa shape index (κ1) is 38.9. The number of hydrogen-bond donors (Lipinski definition) is 0. The second-order valence-corrected chi connectivity index (χ2v) is 21.1. The zero-order chi connectivity index (χ0) is 38.2. The van der Waals surface area contributed by atoms with Crippen molar-refractivity contribution in [2.24, 2.45) is 0 Å². The van der Waals surface area contributed by atoms with Crippen LogP contribution >= 0.6 is 0 Å². The van der Waals surface area contributed by atoms with Crippen molar-refractivity contribution in [3.8, 4) is 28.7 Å². The van der Waals surface area contributed by atoms with Crippen LogP contribution in [-0.4, -0.2) is 27.5 Å². The van der Waals surface area contributed by atoms with Gasteiger partial charge < -0.3 is 23.7 Å². The highest BCUT2D eigenvalue weighted by molar-refractivity contribution is 6.76. The average Bonchev–Trinajstić information content (AvgIpc) is 3.12. The Morgan fingerprint density at radius 1 is 0.528 bits per heavy atom. The number of methoxy groups -OCH3 is 1. The fourth-order valence-electron chi connectivity index (χ4n) is 6.20. The minimum absolute atomic E-state index is 0.200. The van der Waals surface area contributed by atoms with Crippen molar-refractivity contribution in [1.29, 1.82) is 0 Å². The summed E-state index contributed by atoms with van der Waals surface area (Å²) >= 11 is 0. The second-order valence-electron chi connectivity index (χ2n) is 15.5. The molecule has 0 atom stereocenters. The van der Waals surface area contributed by atoms with Crippen LogP contribution < -0.4 is 23.7 Å². The van der Waals surface area contributed by atoms with Crippen molar-refractivity contribution >= 4 is 20.4 Å². The van der Waals surface area contributed by atoms with Crippen LogP contribution in [0.4, 0.5) is 9.59 Å². The number of hydrogen-bond acceptors (Lipinski definition) is 7. The van der Waals surface area contributed by atoms with Gasteiger partial charge in [-0.1, -0.05) is 133 Å². The van der Waals surface area contributed by atoms with Gasteiger partial charge in [0.25, 0.3) is 0 Å². The topological polar surface area (TPSA) is 80.3 Å². The summed E-state index contributed by atoms with van der Waals surface area (Å²) in [6, 6.07) is 39.2. The van der Waals surface area contributed by atoms with Crippen LogP contribution in [0.3, 0.4) is 0 Å². The van der Waals surface area contributed by atoms with E-state index in [4.69, 9.17) is 23.7 Å². The highest BCUT2D eigenvalue weighted by atomic mass is 28.3. The third-order valence-corrected chi connectivity index (χ3v) is 11.5. The van der Waals surface area contributed by atoms with E-state index in [0.29, 0.717) is 28.7 Å². The van der Waals surface area contributed by atoms with Gasteiger partial charge in [-0.25, -0.2) is 9.59 Å². The van der Waals surface area contributed by atoms with E-state index in [0.717, 1.165) is 35.1 Å². The summed E-state index contributed by atoms with van der Waals surface area (Å²) in [7, 11) is 0.459. The Balaban J connectivity index is 1.13. The van der Waals surface area contributed by atoms with Crippen LogP contribution in [0, 0.1) is 0 Å². The Labute approximate surface area is 314 Å². The molecule has 5 aromatic rings. The van der Waals surface area contributed by atoms with Crippen molar-refractivity contribution in [3.05, 3.63) is 149 Å². The van der Waals surface area contributed by atoms with E-state index in [2.05, 4.69) is 59.5 Å². The van der Waals surface area contributed by atoms with Gasteiger partial charge in [0.05, 0.1) is 7.11 Å². The summed E-state index contributed by atoms with van der Waals surface area (Å²) in [6.45, 7) is 15.6. The molecule has 0 aliphatic heterocycles. The van der Waals surface area contributed by atoms with Crippen LogP contribution in [0.2, 0.25) is 25.7 Å². The molecule has 0 unspecified atom stereocenters. The lowest BCUT2D eigenvalue weighted by molar-refractivity contribution is 0.149. The van der Waals surface area contributed by atoms with E-state index in [1.807, 2.05) is 66.7 Å². The Morgan fingerprint density at radius 2 is 0.943 bits per heavy atom. The third kappa shape index (κ3) is 10.4. The first-order chi connectivity index (χ1) is 25.1. The summed E-state index contributed by atoms with van der Waals surface area (Å²) in [4.78, 5) is 25.3. The van der Waals surface area contributed by atoms with Gasteiger partial charge in [0, 0.05) is 18.9 Å². The lowest BCUT2D eigenvalue weighted by Gasteiger charge is -2.26. The average molecular weight is 731 g/mol. The van der Waals surface area contributed by atoms with Gasteiger partial charge in [-0.15, -0.1) is 0 Å². The monoisotopic (exact) mass is 730 g/mol. The normalized spacial score (nSPS) is 11.8. The smallest absolute Gasteiger partial charge is 0.493 e. The van der Waals surface area contributed by atoms with Crippen LogP contribution in [0.15, 0.2) is 121 Å². The molecule has 0 aromatic heterocycles. The van der Waals surface area contributed by atoms with Crippen molar-refractivity contribution in [2.75, 3.05) is 7.11 Å². The fraction of sp³-hybridized carbons (Fsp3) is 0.289. The summed E-state index contributed by atoms with van der Waals surface area (Å²) < 4.78 is 27.4. The van der Waals surface area contributed by atoms with Crippen molar-refractivity contribution < 1.29 is 33.3 Å². The van der Waals surface area contributed by atoms with Crippen LogP contribution in [0.25, 0.3) is 0 Å². The van der Waals surface area contributed by atoms with E-state index in [-0.39, 0.29) is 5.41 Å². The third-order valence-electron chi connectivity index (χ3n) is 9.64. The number of ether oxygens (including phenoxy) is 5. The SMILES string of the molecule is COc1cc(CCC[Si](C)(C)C)ccc1OC(=O)Oc1ccc(C(C)(C)c2ccc(OC(=O)Oc3ccc(C(C)(C)c4ccccc4)cc3)cc2)cc1. The fourth-order valence-corrected chi connectivity index (χ4v) is 7.44. The maximum absolute atomic E-state index is 12.7. The van der Waals surface area contributed by atoms with Crippen LogP contribution in [0.1, 0.15) is 61.9 Å². The highest BCUT2D eigenvalue weighted by Gasteiger charge is 2.25. The molecule has 0 bridgehead atoms. The molecule has 0 aliphatic carbocycles. The van der Waals surface area contributed by atoms with Gasteiger partial charge >= 0.3 is 12.3 Å².